The molecule has 0 bridgehead atoms. The number of amides is 1. The van der Waals surface area contributed by atoms with E-state index in [9.17, 15) is 14.4 Å². The smallest absolute Gasteiger partial charge is 0.330 e. The molecule has 1 N–H and O–H groups in total. The number of nitrogens with one attached hydrogen (secondary N) is 1. The number of methoxy groups -OCH3 is 2. The first-order valence-corrected chi connectivity index (χ1v) is 4.15. The molecule has 0 aliphatic heterocycles. The van der Waals surface area contributed by atoms with Crippen molar-refractivity contribution in [3.05, 3.63) is 12.2 Å². The molecular weight excluding hydrogens is 202 g/mol. The average Bonchev–Trinajstić information content (AvgIpc) is 2.24. The van der Waals surface area contributed by atoms with Crippen LogP contribution in [-0.2, 0) is 23.9 Å². The Bertz CT molecular complexity index is 284. The second-order valence-electron chi connectivity index (χ2n) is 2.61. The molecule has 0 saturated heterocycles. The summed E-state index contributed by atoms with van der Waals surface area (Å²) in [6, 6.07) is -0.759. The maximum absolute atomic E-state index is 11.1. The quantitative estimate of drug-likeness (QED) is 0.500. The molecule has 1 amide bonds. The second kappa shape index (κ2) is 6.58. The molecule has 0 aromatic carbocycles. The van der Waals surface area contributed by atoms with E-state index in [1.807, 2.05) is 0 Å². The Morgan fingerprint density at radius 3 is 2.20 bits per heavy atom. The summed E-state index contributed by atoms with van der Waals surface area (Å²) in [6.45, 7) is 1.47. The lowest BCUT2D eigenvalue weighted by molar-refractivity contribution is -0.144. The van der Waals surface area contributed by atoms with Gasteiger partial charge in [-0.1, -0.05) is 0 Å². The molecule has 0 aliphatic carbocycles. The lowest BCUT2D eigenvalue weighted by Gasteiger charge is -2.08. The fraction of sp³-hybridized carbons (Fsp3) is 0.444. The first kappa shape index (κ1) is 13.2. The zero-order valence-electron chi connectivity index (χ0n) is 8.77. The predicted molar refractivity (Wildman–Crippen MR) is 50.8 cm³/mol. The van der Waals surface area contributed by atoms with Gasteiger partial charge >= 0.3 is 11.9 Å². The average molecular weight is 215 g/mol. The summed E-state index contributed by atoms with van der Waals surface area (Å²) in [7, 11) is 2.41. The minimum absolute atomic E-state index is 0.560. The van der Waals surface area contributed by atoms with Crippen LogP contribution in [0.4, 0.5) is 0 Å². The molecule has 0 rings (SSSR count). The van der Waals surface area contributed by atoms with Crippen molar-refractivity contribution in [2.24, 2.45) is 0 Å². The lowest BCUT2D eigenvalue weighted by Crippen LogP contribution is -2.38. The van der Waals surface area contributed by atoms with Gasteiger partial charge in [-0.05, 0) is 6.92 Å². The minimum Gasteiger partial charge on any atom is -0.467 e. The van der Waals surface area contributed by atoms with E-state index in [2.05, 4.69) is 14.8 Å². The van der Waals surface area contributed by atoms with Crippen molar-refractivity contribution >= 4 is 17.8 Å². The van der Waals surface area contributed by atoms with E-state index in [0.29, 0.717) is 0 Å². The van der Waals surface area contributed by atoms with Crippen LogP contribution >= 0.6 is 0 Å². The third-order valence-corrected chi connectivity index (χ3v) is 1.49. The number of carbonyl (C=O) groups excluding carboxylic acids is 3. The molecule has 0 aliphatic rings. The van der Waals surface area contributed by atoms with Gasteiger partial charge in [0.25, 0.3) is 0 Å². The van der Waals surface area contributed by atoms with Crippen molar-refractivity contribution in [3.8, 4) is 0 Å². The van der Waals surface area contributed by atoms with Crippen molar-refractivity contribution < 1.29 is 23.9 Å². The highest BCUT2D eigenvalue weighted by Crippen LogP contribution is 1.87. The molecule has 1 atom stereocenters. The molecule has 0 heterocycles. The van der Waals surface area contributed by atoms with Crippen molar-refractivity contribution in [2.45, 2.75) is 13.0 Å². The first-order chi connectivity index (χ1) is 7.01. The van der Waals surface area contributed by atoms with Crippen LogP contribution in [0.1, 0.15) is 6.92 Å². The standard InChI is InChI=1S/C9H13NO5/c1-6(9(13)15-3)10-7(11)4-5-8(12)14-2/h4-6H,1-3H3,(H,10,11). The van der Waals surface area contributed by atoms with Gasteiger partial charge in [-0.25, -0.2) is 9.59 Å². The van der Waals surface area contributed by atoms with E-state index >= 15 is 0 Å². The maximum Gasteiger partial charge on any atom is 0.330 e. The molecule has 0 aromatic heterocycles. The highest BCUT2D eigenvalue weighted by molar-refractivity contribution is 5.96. The van der Waals surface area contributed by atoms with Gasteiger partial charge in [0.1, 0.15) is 6.04 Å². The van der Waals surface area contributed by atoms with Crippen molar-refractivity contribution in [3.63, 3.8) is 0 Å². The van der Waals surface area contributed by atoms with Gasteiger partial charge in [0.15, 0.2) is 0 Å². The zero-order chi connectivity index (χ0) is 11.8. The molecule has 84 valence electrons. The summed E-state index contributed by atoms with van der Waals surface area (Å²) in [6.07, 6.45) is 1.94. The topological polar surface area (TPSA) is 81.7 Å². The molecule has 0 saturated carbocycles. The Hall–Kier alpha value is -1.85. The van der Waals surface area contributed by atoms with E-state index in [-0.39, 0.29) is 0 Å². The molecule has 15 heavy (non-hydrogen) atoms. The highest BCUT2D eigenvalue weighted by Gasteiger charge is 2.13. The predicted octanol–water partition coefficient (Wildman–Crippen LogP) is -0.607. The minimum atomic E-state index is -0.759. The molecule has 0 radical (unpaired) electrons. The zero-order valence-corrected chi connectivity index (χ0v) is 8.77. The number of ether oxygens (including phenoxy) is 2. The summed E-state index contributed by atoms with van der Waals surface area (Å²) in [5, 5.41) is 2.30. The summed E-state index contributed by atoms with van der Waals surface area (Å²) in [5.74, 6) is -1.77. The highest BCUT2D eigenvalue weighted by atomic mass is 16.5. The van der Waals surface area contributed by atoms with Crippen molar-refractivity contribution in [1.29, 1.82) is 0 Å². The fourth-order valence-corrected chi connectivity index (χ4v) is 0.709. The van der Waals surface area contributed by atoms with Crippen molar-refractivity contribution in [1.82, 2.24) is 5.32 Å². The van der Waals surface area contributed by atoms with Gasteiger partial charge in [0.2, 0.25) is 5.91 Å². The number of hydrogen-bond acceptors (Lipinski definition) is 5. The number of carbonyl (C=O) groups is 3. The SMILES string of the molecule is COC(=O)C=CC(=O)NC(C)C(=O)OC. The molecule has 1 unspecified atom stereocenters. The van der Waals surface area contributed by atoms with E-state index < -0.39 is 23.9 Å². The number of esters is 2. The molecule has 0 fully saturated rings. The second-order valence-corrected chi connectivity index (χ2v) is 2.61. The largest absolute Gasteiger partial charge is 0.467 e. The number of rotatable bonds is 4. The van der Waals surface area contributed by atoms with Crippen LogP contribution in [0.5, 0.6) is 0 Å². The van der Waals surface area contributed by atoms with E-state index in [1.54, 1.807) is 0 Å². The van der Waals surface area contributed by atoms with Crippen LogP contribution in [0.25, 0.3) is 0 Å². The number of hydrogen-bond donors (Lipinski definition) is 1. The Morgan fingerprint density at radius 2 is 1.73 bits per heavy atom. The Morgan fingerprint density at radius 1 is 1.13 bits per heavy atom. The molecule has 6 heteroatoms. The summed E-state index contributed by atoms with van der Waals surface area (Å²) in [5.41, 5.74) is 0. The Balaban J connectivity index is 4.09. The fourth-order valence-electron chi connectivity index (χ4n) is 0.709. The van der Waals surface area contributed by atoms with E-state index in [0.717, 1.165) is 12.2 Å². The van der Waals surface area contributed by atoms with E-state index in [4.69, 9.17) is 0 Å². The lowest BCUT2D eigenvalue weighted by atomic mass is 10.3. The van der Waals surface area contributed by atoms with Gasteiger partial charge in [-0.15, -0.1) is 0 Å². The summed E-state index contributed by atoms with van der Waals surface area (Å²) in [4.78, 5) is 32.6. The molecule has 0 spiro atoms. The Labute approximate surface area is 87.2 Å². The van der Waals surface area contributed by atoms with Crippen molar-refractivity contribution in [2.75, 3.05) is 14.2 Å². The van der Waals surface area contributed by atoms with Crippen LogP contribution in [0, 0.1) is 0 Å². The van der Waals surface area contributed by atoms with Crippen LogP contribution in [0.3, 0.4) is 0 Å². The van der Waals surface area contributed by atoms with Gasteiger partial charge < -0.3 is 14.8 Å². The third-order valence-electron chi connectivity index (χ3n) is 1.49. The van der Waals surface area contributed by atoms with Crippen LogP contribution in [0.2, 0.25) is 0 Å². The van der Waals surface area contributed by atoms with Crippen LogP contribution < -0.4 is 5.32 Å². The van der Waals surface area contributed by atoms with E-state index in [1.165, 1.54) is 21.1 Å². The first-order valence-electron chi connectivity index (χ1n) is 4.15. The molecular formula is C9H13NO5. The van der Waals surface area contributed by atoms with Gasteiger partial charge in [0, 0.05) is 12.2 Å². The van der Waals surface area contributed by atoms with Gasteiger partial charge in [0.05, 0.1) is 14.2 Å². The monoisotopic (exact) mass is 215 g/mol. The normalized spacial score (nSPS) is 11.9. The van der Waals surface area contributed by atoms with Crippen LogP contribution in [-0.4, -0.2) is 38.1 Å². The maximum atomic E-state index is 11.1. The van der Waals surface area contributed by atoms with Crippen LogP contribution in [0.15, 0.2) is 12.2 Å². The van der Waals surface area contributed by atoms with Gasteiger partial charge in [-0.2, -0.15) is 0 Å². The Kier molecular flexibility index (Phi) is 5.77. The summed E-state index contributed by atoms with van der Waals surface area (Å²) < 4.78 is 8.67. The molecule has 0 aromatic rings. The third kappa shape index (κ3) is 5.45. The summed E-state index contributed by atoms with van der Waals surface area (Å²) >= 11 is 0. The molecule has 6 nitrogen and oxygen atoms in total. The van der Waals surface area contributed by atoms with Gasteiger partial charge in [-0.3, -0.25) is 4.79 Å².